The van der Waals surface area contributed by atoms with Gasteiger partial charge in [-0.25, -0.2) is 0 Å². The number of aryl methyl sites for hydroxylation is 1. The predicted octanol–water partition coefficient (Wildman–Crippen LogP) is 3.60. The van der Waals surface area contributed by atoms with Crippen LogP contribution in [0.2, 0.25) is 0 Å². The van der Waals surface area contributed by atoms with Gasteiger partial charge in [0.15, 0.2) is 6.61 Å². The van der Waals surface area contributed by atoms with Gasteiger partial charge in [-0.1, -0.05) is 38.8 Å². The first-order chi connectivity index (χ1) is 12.1. The zero-order valence-electron chi connectivity index (χ0n) is 15.8. The van der Waals surface area contributed by atoms with E-state index in [1.807, 2.05) is 24.3 Å². The Hall–Kier alpha value is -2.04. The molecule has 0 aliphatic heterocycles. The normalized spacial score (nSPS) is 10.4. The first-order valence-electron chi connectivity index (χ1n) is 9.25. The molecule has 0 bridgehead atoms. The summed E-state index contributed by atoms with van der Waals surface area (Å²) in [6.07, 6.45) is 4.26. The van der Waals surface area contributed by atoms with Crippen molar-refractivity contribution in [2.24, 2.45) is 0 Å². The van der Waals surface area contributed by atoms with Crippen molar-refractivity contribution in [2.45, 2.75) is 52.9 Å². The maximum atomic E-state index is 12.5. The molecule has 140 valence electrons. The Bertz CT molecular complexity index is 513. The minimum atomic E-state index is -0.271. The highest BCUT2D eigenvalue weighted by molar-refractivity contribution is 5.78. The highest BCUT2D eigenvalue weighted by atomic mass is 16.5. The molecule has 0 N–H and O–H groups in total. The number of nitrogens with zero attached hydrogens (tertiary/aromatic N) is 1. The van der Waals surface area contributed by atoms with Crippen LogP contribution in [-0.4, -0.2) is 43.1 Å². The van der Waals surface area contributed by atoms with Gasteiger partial charge in [0.05, 0.1) is 13.0 Å². The fraction of sp³-hybridized carbons (Fsp3) is 0.600. The fourth-order valence-electron chi connectivity index (χ4n) is 2.43. The van der Waals surface area contributed by atoms with Crippen molar-refractivity contribution in [1.29, 1.82) is 0 Å². The number of amides is 1. The molecule has 1 aromatic rings. The van der Waals surface area contributed by atoms with Gasteiger partial charge in [-0.2, -0.15) is 0 Å². The molecule has 1 amide bonds. The first kappa shape index (κ1) is 21.0. The minimum Gasteiger partial charge on any atom is -0.484 e. The second kappa shape index (κ2) is 12.3. The lowest BCUT2D eigenvalue weighted by Crippen LogP contribution is -2.37. The van der Waals surface area contributed by atoms with Crippen molar-refractivity contribution in [3.8, 4) is 5.75 Å². The third-order valence-corrected chi connectivity index (χ3v) is 3.97. The van der Waals surface area contributed by atoms with E-state index in [4.69, 9.17) is 9.47 Å². The van der Waals surface area contributed by atoms with Crippen molar-refractivity contribution in [3.63, 3.8) is 0 Å². The Morgan fingerprint density at radius 2 is 1.72 bits per heavy atom. The third kappa shape index (κ3) is 8.57. The van der Waals surface area contributed by atoms with Gasteiger partial charge in [0.25, 0.3) is 5.91 Å². The molecule has 1 aromatic carbocycles. The molecule has 0 heterocycles. The second-order valence-electron chi connectivity index (χ2n) is 5.93. The Morgan fingerprint density at radius 1 is 1.00 bits per heavy atom. The lowest BCUT2D eigenvalue weighted by molar-refractivity contribution is -0.144. The molecule has 0 saturated carbocycles. The van der Waals surface area contributed by atoms with Crippen molar-refractivity contribution in [3.05, 3.63) is 29.8 Å². The van der Waals surface area contributed by atoms with Crippen molar-refractivity contribution >= 4 is 11.9 Å². The number of hydrogen-bond acceptors (Lipinski definition) is 4. The zero-order chi connectivity index (χ0) is 18.5. The maximum absolute atomic E-state index is 12.5. The van der Waals surface area contributed by atoms with Crippen LogP contribution in [0.15, 0.2) is 24.3 Å². The van der Waals surface area contributed by atoms with Gasteiger partial charge >= 0.3 is 5.97 Å². The quantitative estimate of drug-likeness (QED) is 0.427. The maximum Gasteiger partial charge on any atom is 0.307 e. The summed E-state index contributed by atoms with van der Waals surface area (Å²) >= 11 is 0. The topological polar surface area (TPSA) is 55.8 Å². The number of carbonyl (C=O) groups is 2. The highest BCUT2D eigenvalue weighted by Crippen LogP contribution is 2.13. The number of ether oxygens (including phenoxy) is 2. The van der Waals surface area contributed by atoms with Gasteiger partial charge < -0.3 is 14.4 Å². The van der Waals surface area contributed by atoms with Crippen molar-refractivity contribution in [2.75, 3.05) is 26.3 Å². The molecule has 0 atom stereocenters. The van der Waals surface area contributed by atoms with Crippen LogP contribution in [-0.2, 0) is 20.7 Å². The van der Waals surface area contributed by atoms with Gasteiger partial charge in [-0.15, -0.1) is 0 Å². The summed E-state index contributed by atoms with van der Waals surface area (Å²) in [7, 11) is 0. The Balaban J connectivity index is 2.52. The molecule has 0 aromatic heterocycles. The van der Waals surface area contributed by atoms with Gasteiger partial charge in [-0.05, 0) is 37.5 Å². The average Bonchev–Trinajstić information content (AvgIpc) is 2.63. The summed E-state index contributed by atoms with van der Waals surface area (Å²) in [5.74, 6) is 0.316. The standard InChI is InChI=1S/C20H31NO4/c1-4-7-8-14-21(15-13-20(23)24-6-3)19(22)16-25-18-11-9-17(5-2)10-12-18/h9-12H,4-8,13-16H2,1-3H3. The van der Waals surface area contributed by atoms with E-state index in [1.54, 1.807) is 11.8 Å². The van der Waals surface area contributed by atoms with E-state index < -0.39 is 0 Å². The van der Waals surface area contributed by atoms with Crippen molar-refractivity contribution < 1.29 is 19.1 Å². The number of carbonyl (C=O) groups excluding carboxylic acids is 2. The predicted molar refractivity (Wildman–Crippen MR) is 98.7 cm³/mol. The summed E-state index contributed by atoms with van der Waals surface area (Å²) in [6, 6.07) is 7.76. The zero-order valence-corrected chi connectivity index (χ0v) is 15.8. The largest absolute Gasteiger partial charge is 0.484 e. The van der Waals surface area contributed by atoms with Crippen LogP contribution >= 0.6 is 0 Å². The molecule has 25 heavy (non-hydrogen) atoms. The second-order valence-corrected chi connectivity index (χ2v) is 5.93. The summed E-state index contributed by atoms with van der Waals surface area (Å²) in [5.41, 5.74) is 1.23. The molecular weight excluding hydrogens is 318 g/mol. The first-order valence-corrected chi connectivity index (χ1v) is 9.25. The van der Waals surface area contributed by atoms with Gasteiger partial charge in [0, 0.05) is 13.1 Å². The highest BCUT2D eigenvalue weighted by Gasteiger charge is 2.16. The molecule has 5 nitrogen and oxygen atoms in total. The van der Waals surface area contributed by atoms with Gasteiger partial charge in [0.1, 0.15) is 5.75 Å². The Kier molecular flexibility index (Phi) is 10.4. The Morgan fingerprint density at radius 3 is 2.32 bits per heavy atom. The molecule has 0 radical (unpaired) electrons. The third-order valence-electron chi connectivity index (χ3n) is 3.97. The molecule has 0 unspecified atom stereocenters. The lowest BCUT2D eigenvalue weighted by atomic mass is 10.2. The fourth-order valence-corrected chi connectivity index (χ4v) is 2.43. The van der Waals surface area contributed by atoms with Gasteiger partial charge in [0.2, 0.25) is 0 Å². The van der Waals surface area contributed by atoms with E-state index in [9.17, 15) is 9.59 Å². The summed E-state index contributed by atoms with van der Waals surface area (Å²) in [5, 5.41) is 0. The lowest BCUT2D eigenvalue weighted by Gasteiger charge is -2.22. The molecule has 1 rings (SSSR count). The van der Waals surface area contributed by atoms with Crippen LogP contribution in [0, 0.1) is 0 Å². The van der Waals surface area contributed by atoms with Crippen LogP contribution in [0.4, 0.5) is 0 Å². The minimum absolute atomic E-state index is 0.0135. The molecule has 0 spiro atoms. The molecule has 0 aliphatic carbocycles. The molecular formula is C20H31NO4. The van der Waals surface area contributed by atoms with Crippen LogP contribution < -0.4 is 4.74 Å². The van der Waals surface area contributed by atoms with Crippen LogP contribution in [0.5, 0.6) is 5.75 Å². The van der Waals surface area contributed by atoms with Gasteiger partial charge in [-0.3, -0.25) is 9.59 Å². The Labute approximate surface area is 151 Å². The van der Waals surface area contributed by atoms with E-state index in [-0.39, 0.29) is 24.9 Å². The summed E-state index contributed by atoms with van der Waals surface area (Å²) in [4.78, 5) is 25.7. The van der Waals surface area contributed by atoms with Crippen LogP contribution in [0.3, 0.4) is 0 Å². The molecule has 0 fully saturated rings. The molecule has 5 heteroatoms. The van der Waals surface area contributed by atoms with Crippen LogP contribution in [0.25, 0.3) is 0 Å². The summed E-state index contributed by atoms with van der Waals surface area (Å²) in [6.45, 7) is 7.36. The summed E-state index contributed by atoms with van der Waals surface area (Å²) < 4.78 is 10.5. The SMILES string of the molecule is CCCCCN(CCC(=O)OCC)C(=O)COc1ccc(CC)cc1. The van der Waals surface area contributed by atoms with E-state index in [0.29, 0.717) is 25.4 Å². The number of unbranched alkanes of at least 4 members (excludes halogenated alkanes) is 2. The number of hydrogen-bond donors (Lipinski definition) is 0. The molecule has 0 saturated heterocycles. The number of esters is 1. The monoisotopic (exact) mass is 349 g/mol. The smallest absolute Gasteiger partial charge is 0.307 e. The van der Waals surface area contributed by atoms with Crippen LogP contribution in [0.1, 0.15) is 52.0 Å². The average molecular weight is 349 g/mol. The van der Waals surface area contributed by atoms with Crippen molar-refractivity contribution in [1.82, 2.24) is 4.90 Å². The van der Waals surface area contributed by atoms with E-state index >= 15 is 0 Å². The van der Waals surface area contributed by atoms with E-state index in [1.165, 1.54) is 5.56 Å². The number of benzene rings is 1. The molecule has 0 aliphatic rings. The van der Waals surface area contributed by atoms with E-state index in [0.717, 1.165) is 25.7 Å². The number of rotatable bonds is 12. The van der Waals surface area contributed by atoms with E-state index in [2.05, 4.69) is 13.8 Å².